The third kappa shape index (κ3) is 5.72. The van der Waals surface area contributed by atoms with E-state index < -0.39 is 12.2 Å². The summed E-state index contributed by atoms with van der Waals surface area (Å²) in [5, 5.41) is 10.3. The molecule has 4 N–H and O–H groups in total. The molecule has 0 aromatic heterocycles. The molecule has 4 rings (SSSR count). The molecule has 11 nitrogen and oxygen atoms in total. The number of nitrogen functional groups attached to an aromatic ring is 1. The molecule has 1 aliphatic rings. The molecule has 2 amide bonds. The van der Waals surface area contributed by atoms with Crippen molar-refractivity contribution in [2.45, 2.75) is 6.10 Å². The zero-order valence-electron chi connectivity index (χ0n) is 21.1. The summed E-state index contributed by atoms with van der Waals surface area (Å²) in [4.78, 5) is 26.8. The van der Waals surface area contributed by atoms with E-state index in [4.69, 9.17) is 34.8 Å². The van der Waals surface area contributed by atoms with Gasteiger partial charge < -0.3 is 34.7 Å². The quantitative estimate of drug-likeness (QED) is 0.271. The van der Waals surface area contributed by atoms with E-state index in [0.717, 1.165) is 0 Å². The van der Waals surface area contributed by atoms with Gasteiger partial charge in [0.25, 0.3) is 5.91 Å². The van der Waals surface area contributed by atoms with Crippen LogP contribution in [0.3, 0.4) is 0 Å². The van der Waals surface area contributed by atoms with Crippen molar-refractivity contribution in [3.05, 3.63) is 71.8 Å². The first-order chi connectivity index (χ1) is 18.3. The molecule has 38 heavy (non-hydrogen) atoms. The number of nitrogens with one attached hydrogen (secondary N) is 2. The third-order valence-electron chi connectivity index (χ3n) is 5.82. The highest BCUT2D eigenvalue weighted by molar-refractivity contribution is 6.04. The molecule has 198 valence electrons. The second-order valence-electron chi connectivity index (χ2n) is 8.28. The molecule has 11 heteroatoms. The summed E-state index contributed by atoms with van der Waals surface area (Å²) in [6, 6.07) is 16.7. The van der Waals surface area contributed by atoms with Gasteiger partial charge >= 0.3 is 6.09 Å². The Balaban J connectivity index is 1.38. The van der Waals surface area contributed by atoms with Crippen molar-refractivity contribution in [2.75, 3.05) is 44.7 Å². The Morgan fingerprint density at radius 1 is 1.03 bits per heavy atom. The largest absolute Gasteiger partial charge is 0.493 e. The van der Waals surface area contributed by atoms with Crippen LogP contribution < -0.4 is 34.9 Å². The fraction of sp³-hybridized carbons (Fsp3) is 0.222. The van der Waals surface area contributed by atoms with Crippen molar-refractivity contribution < 1.29 is 33.3 Å². The SMILES string of the molecule is COc1cc(NC(=O)c2cccc(OCC3CN(c4ccc(C(=N)N)cc4)C(=O)O3)c2)cc(OC)c1OC. The summed E-state index contributed by atoms with van der Waals surface area (Å²) >= 11 is 0. The van der Waals surface area contributed by atoms with E-state index in [9.17, 15) is 9.59 Å². The average Bonchev–Trinajstić information content (AvgIpc) is 3.31. The van der Waals surface area contributed by atoms with Crippen LogP contribution in [0.1, 0.15) is 15.9 Å². The lowest BCUT2D eigenvalue weighted by atomic mass is 10.2. The van der Waals surface area contributed by atoms with Crippen LogP contribution in [-0.2, 0) is 4.74 Å². The Labute approximate surface area is 219 Å². The van der Waals surface area contributed by atoms with E-state index in [0.29, 0.717) is 52.0 Å². The Hall–Kier alpha value is -4.93. The van der Waals surface area contributed by atoms with Crippen molar-refractivity contribution in [3.8, 4) is 23.0 Å². The first-order valence-electron chi connectivity index (χ1n) is 11.6. The van der Waals surface area contributed by atoms with Crippen LogP contribution in [0.4, 0.5) is 16.2 Å². The molecule has 1 fully saturated rings. The molecule has 1 atom stereocenters. The predicted octanol–water partition coefficient (Wildman–Crippen LogP) is 3.65. The van der Waals surface area contributed by atoms with E-state index in [1.165, 1.54) is 26.2 Å². The van der Waals surface area contributed by atoms with Crippen LogP contribution in [-0.4, -0.2) is 58.4 Å². The van der Waals surface area contributed by atoms with Gasteiger partial charge in [-0.3, -0.25) is 15.1 Å². The Morgan fingerprint density at radius 2 is 1.71 bits per heavy atom. The normalized spacial score (nSPS) is 14.4. The fourth-order valence-corrected chi connectivity index (χ4v) is 3.91. The summed E-state index contributed by atoms with van der Waals surface area (Å²) in [5.74, 6) is 1.28. The van der Waals surface area contributed by atoms with Gasteiger partial charge in [0, 0.05) is 34.6 Å². The topological polar surface area (TPSA) is 145 Å². The van der Waals surface area contributed by atoms with Gasteiger partial charge in [-0.25, -0.2) is 4.79 Å². The van der Waals surface area contributed by atoms with Crippen LogP contribution in [0, 0.1) is 5.41 Å². The van der Waals surface area contributed by atoms with E-state index in [2.05, 4.69) is 5.32 Å². The number of benzene rings is 3. The smallest absolute Gasteiger partial charge is 0.414 e. The van der Waals surface area contributed by atoms with Crippen molar-refractivity contribution >= 4 is 29.2 Å². The number of rotatable bonds is 10. The number of nitrogens with two attached hydrogens (primary N) is 1. The number of anilines is 2. The van der Waals surface area contributed by atoms with E-state index in [1.807, 2.05) is 0 Å². The standard InChI is InChI=1S/C27H28N4O7/c1-34-22-12-18(13-23(35-2)24(22)36-3)30-26(32)17-5-4-6-20(11-17)37-15-21-14-31(27(33)38-21)19-9-7-16(8-10-19)25(28)29/h4-13,21H,14-15H2,1-3H3,(H3,28,29)(H,30,32). The molecular formula is C27H28N4O7. The van der Waals surface area contributed by atoms with Crippen molar-refractivity contribution in [2.24, 2.45) is 5.73 Å². The first kappa shape index (κ1) is 26.1. The molecule has 0 radical (unpaired) electrons. The third-order valence-corrected chi connectivity index (χ3v) is 5.82. The number of cyclic esters (lactones) is 1. The van der Waals surface area contributed by atoms with Crippen molar-refractivity contribution in [1.29, 1.82) is 5.41 Å². The highest BCUT2D eigenvalue weighted by atomic mass is 16.6. The molecule has 1 saturated heterocycles. The maximum Gasteiger partial charge on any atom is 0.414 e. The fourth-order valence-electron chi connectivity index (χ4n) is 3.91. The van der Waals surface area contributed by atoms with Crippen molar-refractivity contribution in [3.63, 3.8) is 0 Å². The van der Waals surface area contributed by atoms with Crippen LogP contribution in [0.5, 0.6) is 23.0 Å². The molecule has 0 bridgehead atoms. The minimum atomic E-state index is -0.508. The van der Waals surface area contributed by atoms with Gasteiger partial charge in [0.1, 0.15) is 18.2 Å². The summed E-state index contributed by atoms with van der Waals surface area (Å²) in [5.41, 5.74) is 7.51. The van der Waals surface area contributed by atoms with Crippen LogP contribution in [0.2, 0.25) is 0 Å². The maximum absolute atomic E-state index is 12.9. The lowest BCUT2D eigenvalue weighted by Crippen LogP contribution is -2.26. The second-order valence-corrected chi connectivity index (χ2v) is 8.28. The summed E-state index contributed by atoms with van der Waals surface area (Å²) in [6.07, 6.45) is -1.00. The molecule has 3 aromatic rings. The van der Waals surface area contributed by atoms with Gasteiger partial charge in [-0.2, -0.15) is 0 Å². The van der Waals surface area contributed by atoms with Gasteiger partial charge in [-0.1, -0.05) is 6.07 Å². The van der Waals surface area contributed by atoms with Crippen LogP contribution in [0.15, 0.2) is 60.7 Å². The number of amidine groups is 1. The lowest BCUT2D eigenvalue weighted by molar-refractivity contribution is 0.102. The summed E-state index contributed by atoms with van der Waals surface area (Å²) in [6.45, 7) is 0.394. The monoisotopic (exact) mass is 520 g/mol. The Kier molecular flexibility index (Phi) is 7.86. The number of hydrogen-bond acceptors (Lipinski definition) is 8. The zero-order valence-corrected chi connectivity index (χ0v) is 21.1. The number of methoxy groups -OCH3 is 3. The molecule has 0 aliphatic carbocycles. The number of hydrogen-bond donors (Lipinski definition) is 3. The van der Waals surface area contributed by atoms with E-state index >= 15 is 0 Å². The van der Waals surface area contributed by atoms with Gasteiger partial charge in [-0.15, -0.1) is 0 Å². The van der Waals surface area contributed by atoms with Crippen molar-refractivity contribution in [1.82, 2.24) is 0 Å². The van der Waals surface area contributed by atoms with Crippen LogP contribution in [0.25, 0.3) is 0 Å². The van der Waals surface area contributed by atoms with Crippen LogP contribution >= 0.6 is 0 Å². The number of carbonyl (C=O) groups excluding carboxylic acids is 2. The molecule has 1 unspecified atom stereocenters. The number of nitrogens with zero attached hydrogens (tertiary/aromatic N) is 1. The molecular weight excluding hydrogens is 492 g/mol. The maximum atomic E-state index is 12.9. The number of amides is 2. The highest BCUT2D eigenvalue weighted by Crippen LogP contribution is 2.40. The van der Waals surface area contributed by atoms with Gasteiger partial charge in [0.2, 0.25) is 5.75 Å². The number of carbonyl (C=O) groups is 2. The minimum Gasteiger partial charge on any atom is -0.493 e. The summed E-state index contributed by atoms with van der Waals surface area (Å²) in [7, 11) is 4.49. The minimum absolute atomic E-state index is 0.0498. The molecule has 0 spiro atoms. The highest BCUT2D eigenvalue weighted by Gasteiger charge is 2.33. The lowest BCUT2D eigenvalue weighted by Gasteiger charge is -2.15. The molecule has 0 saturated carbocycles. The van der Waals surface area contributed by atoms with Gasteiger partial charge in [-0.05, 0) is 42.5 Å². The Morgan fingerprint density at radius 3 is 2.32 bits per heavy atom. The van der Waals surface area contributed by atoms with E-state index in [1.54, 1.807) is 60.7 Å². The second kappa shape index (κ2) is 11.4. The van der Waals surface area contributed by atoms with Gasteiger partial charge in [0.05, 0.1) is 27.9 Å². The molecule has 1 aliphatic heterocycles. The first-order valence-corrected chi connectivity index (χ1v) is 11.6. The molecule has 1 heterocycles. The predicted molar refractivity (Wildman–Crippen MR) is 141 cm³/mol. The number of ether oxygens (including phenoxy) is 5. The average molecular weight is 521 g/mol. The Bertz CT molecular complexity index is 1320. The van der Waals surface area contributed by atoms with E-state index in [-0.39, 0.29) is 18.3 Å². The van der Waals surface area contributed by atoms with Gasteiger partial charge in [0.15, 0.2) is 17.6 Å². The molecule has 3 aromatic carbocycles. The summed E-state index contributed by atoms with van der Waals surface area (Å²) < 4.78 is 27.2. The zero-order chi connectivity index (χ0) is 27.2.